The van der Waals surface area contributed by atoms with E-state index in [0.29, 0.717) is 0 Å². The van der Waals surface area contributed by atoms with Crippen LogP contribution in [0.1, 0.15) is 0 Å². The van der Waals surface area contributed by atoms with Crippen molar-refractivity contribution in [2.24, 2.45) is 0 Å². The second-order valence-electron chi connectivity index (χ2n) is 10.2. The largest absolute Gasteiger partial charge is 0.150 e. The first kappa shape index (κ1) is 32.4. The predicted molar refractivity (Wildman–Crippen MR) is 181 cm³/mol. The van der Waals surface area contributed by atoms with Gasteiger partial charge in [0.05, 0.1) is 0 Å². The summed E-state index contributed by atoms with van der Waals surface area (Å²) in [6.07, 6.45) is 0. The van der Waals surface area contributed by atoms with Crippen LogP contribution in [0.5, 0.6) is 0 Å². The molecule has 0 spiro atoms. The number of hydrogen-bond donors (Lipinski definition) is 0. The molecule has 6 rings (SSSR count). The number of halogens is 6. The SMILES string of the molecule is F[P-](F)(F)(F)(F)F.[SH2+]c1ccc(-c2ccccc2)c(-c2ccc(Sc3ccc(-c4ccccc4)cc3)cc2-c2ccccc2)c1. The zero-order chi connectivity index (χ0) is 32.1. The molecule has 0 amide bonds. The van der Waals surface area contributed by atoms with Crippen molar-refractivity contribution in [3.63, 3.8) is 0 Å². The normalized spacial score (nSPS) is 12.8. The molecule has 0 aliphatic heterocycles. The van der Waals surface area contributed by atoms with Gasteiger partial charge in [-0.1, -0.05) is 121 Å². The molecule has 0 unspecified atom stereocenters. The monoisotopic (exact) mass is 668 g/mol. The Morgan fingerprint density at radius 1 is 0.378 bits per heavy atom. The molecule has 0 N–H and O–H groups in total. The molecule has 0 saturated carbocycles. The van der Waals surface area contributed by atoms with E-state index in [9.17, 15) is 25.2 Å². The van der Waals surface area contributed by atoms with Gasteiger partial charge >= 0.3 is 33.0 Å². The molecule has 0 radical (unpaired) electrons. The molecule has 0 aliphatic rings. The Hall–Kier alpha value is -3.97. The summed E-state index contributed by atoms with van der Waals surface area (Å²) in [5.41, 5.74) is 9.78. The van der Waals surface area contributed by atoms with Gasteiger partial charge in [-0.15, -0.1) is 0 Å². The third kappa shape index (κ3) is 10.0. The minimum atomic E-state index is -10.7. The van der Waals surface area contributed by atoms with Crippen LogP contribution in [0.4, 0.5) is 25.2 Å². The van der Waals surface area contributed by atoms with Crippen LogP contribution in [0.25, 0.3) is 44.5 Å². The van der Waals surface area contributed by atoms with Gasteiger partial charge in [0.2, 0.25) is 0 Å². The molecule has 0 heterocycles. The maximum absolute atomic E-state index is 10.7. The van der Waals surface area contributed by atoms with E-state index in [1.165, 1.54) is 54.3 Å². The summed E-state index contributed by atoms with van der Waals surface area (Å²) in [7, 11) is -10.7. The van der Waals surface area contributed by atoms with Crippen molar-refractivity contribution in [3.05, 3.63) is 152 Å². The van der Waals surface area contributed by atoms with Crippen molar-refractivity contribution in [1.29, 1.82) is 0 Å². The van der Waals surface area contributed by atoms with Crippen molar-refractivity contribution < 1.29 is 25.2 Å². The maximum atomic E-state index is 9.87. The second-order valence-corrected chi connectivity index (χ2v) is 13.8. The first-order valence-corrected chi connectivity index (χ1v) is 17.0. The summed E-state index contributed by atoms with van der Waals surface area (Å²) >= 11 is 5.58. The van der Waals surface area contributed by atoms with E-state index in [1.54, 1.807) is 11.8 Å². The van der Waals surface area contributed by atoms with E-state index in [4.69, 9.17) is 0 Å². The van der Waals surface area contributed by atoms with Crippen LogP contribution in [0, 0.1) is 0 Å². The average Bonchev–Trinajstić information content (AvgIpc) is 3.01. The van der Waals surface area contributed by atoms with Crippen LogP contribution in [-0.2, 0) is 12.6 Å². The molecule has 0 aliphatic carbocycles. The third-order valence-electron chi connectivity index (χ3n) is 6.67. The molecular weight excluding hydrogens is 641 g/mol. The quantitative estimate of drug-likeness (QED) is 0.0967. The van der Waals surface area contributed by atoms with Crippen molar-refractivity contribution in [3.8, 4) is 44.5 Å². The van der Waals surface area contributed by atoms with Gasteiger partial charge in [0.25, 0.3) is 0 Å². The fourth-order valence-electron chi connectivity index (χ4n) is 4.80. The molecular formula is C36H27F6PS2. The van der Waals surface area contributed by atoms with Crippen LogP contribution in [0.2, 0.25) is 0 Å². The first-order chi connectivity index (χ1) is 21.2. The Bertz CT molecular complexity index is 1890. The molecule has 0 saturated heterocycles. The van der Waals surface area contributed by atoms with Gasteiger partial charge < -0.3 is 0 Å². The minimum Gasteiger partial charge on any atom is -0.0901 e. The number of rotatable bonds is 6. The van der Waals surface area contributed by atoms with Gasteiger partial charge in [-0.25, -0.2) is 0 Å². The topological polar surface area (TPSA) is 0 Å². The van der Waals surface area contributed by atoms with Gasteiger partial charge in [0.15, 0.2) is 4.90 Å². The number of benzene rings is 6. The van der Waals surface area contributed by atoms with E-state index in [0.717, 1.165) is 4.90 Å². The van der Waals surface area contributed by atoms with E-state index >= 15 is 0 Å². The zero-order valence-corrected chi connectivity index (χ0v) is 26.3. The molecule has 6 aromatic rings. The van der Waals surface area contributed by atoms with Crippen LogP contribution < -0.4 is 0 Å². The third-order valence-corrected chi connectivity index (χ3v) is 7.98. The summed E-state index contributed by atoms with van der Waals surface area (Å²) in [5.74, 6) is 0. The fourth-order valence-corrected chi connectivity index (χ4v) is 5.88. The van der Waals surface area contributed by atoms with Crippen molar-refractivity contribution in [1.82, 2.24) is 0 Å². The van der Waals surface area contributed by atoms with Gasteiger partial charge in [0, 0.05) is 15.9 Å². The molecule has 0 nitrogen and oxygen atoms in total. The van der Waals surface area contributed by atoms with Gasteiger partial charge in [0.1, 0.15) is 0 Å². The summed E-state index contributed by atoms with van der Waals surface area (Å²) < 4.78 is 59.2. The van der Waals surface area contributed by atoms with E-state index in [2.05, 4.69) is 164 Å². The molecule has 0 fully saturated rings. The van der Waals surface area contributed by atoms with Gasteiger partial charge in [-0.3, -0.25) is 0 Å². The molecule has 230 valence electrons. The second kappa shape index (κ2) is 12.4. The molecule has 0 bridgehead atoms. The Morgan fingerprint density at radius 2 is 0.800 bits per heavy atom. The molecule has 45 heavy (non-hydrogen) atoms. The molecule has 0 aromatic heterocycles. The predicted octanol–water partition coefficient (Wildman–Crippen LogP) is 13.3. The van der Waals surface area contributed by atoms with Crippen LogP contribution in [0.15, 0.2) is 166 Å². The Balaban J connectivity index is 0.000000515. The van der Waals surface area contributed by atoms with E-state index in [1.807, 2.05) is 0 Å². The summed E-state index contributed by atoms with van der Waals surface area (Å²) in [6.45, 7) is 0. The molecule has 9 heteroatoms. The standard InChI is InChI=1S/C36H26S2.F6P/c37-30-18-22-33(28-12-6-2-7-13-28)36(24-30)34-23-21-32(25-35(34)29-14-8-3-9-15-29)38-31-19-16-27(17-20-31)26-10-4-1-5-11-26;1-7(2,3,4,5)6/h1-25,37H;/q;-1/p+1. The summed E-state index contributed by atoms with van der Waals surface area (Å²) in [6, 6.07) is 54.1. The van der Waals surface area contributed by atoms with Crippen LogP contribution >= 0.6 is 19.6 Å². The number of hydrogen-bond acceptors (Lipinski definition) is 1. The zero-order valence-electron chi connectivity index (χ0n) is 23.6. The molecule has 0 atom stereocenters. The summed E-state index contributed by atoms with van der Waals surface area (Å²) in [4.78, 5) is 3.51. The Morgan fingerprint density at radius 3 is 1.33 bits per heavy atom. The first-order valence-electron chi connectivity index (χ1n) is 13.7. The average molecular weight is 669 g/mol. The Kier molecular flexibility index (Phi) is 8.96. The van der Waals surface area contributed by atoms with Gasteiger partial charge in [-0.05, 0) is 93.5 Å². The maximum Gasteiger partial charge on any atom is 0.150 e. The van der Waals surface area contributed by atoms with E-state index in [-0.39, 0.29) is 0 Å². The van der Waals surface area contributed by atoms with Crippen molar-refractivity contribution >= 4 is 32.2 Å². The van der Waals surface area contributed by atoms with Gasteiger partial charge in [-0.2, -0.15) is 0 Å². The fraction of sp³-hybridized carbons (Fsp3) is 0. The molecule has 6 aromatic carbocycles. The van der Waals surface area contributed by atoms with E-state index < -0.39 is 7.81 Å². The smallest absolute Gasteiger partial charge is 0.0901 e. The minimum absolute atomic E-state index is 1.07. The van der Waals surface area contributed by atoms with Crippen molar-refractivity contribution in [2.75, 3.05) is 0 Å². The van der Waals surface area contributed by atoms with Crippen LogP contribution in [-0.4, -0.2) is 0 Å². The summed E-state index contributed by atoms with van der Waals surface area (Å²) in [5, 5.41) is 0. The van der Waals surface area contributed by atoms with Crippen molar-refractivity contribution in [2.45, 2.75) is 14.7 Å². The van der Waals surface area contributed by atoms with Crippen LogP contribution in [0.3, 0.4) is 0 Å². The Labute approximate surface area is 267 Å².